The van der Waals surface area contributed by atoms with Gasteiger partial charge in [0.05, 0.1) is 15.6 Å². The summed E-state index contributed by atoms with van der Waals surface area (Å²) in [5, 5.41) is 3.70. The number of fused-ring (bicyclic) bond motifs is 2. The van der Waals surface area contributed by atoms with Crippen LogP contribution in [0, 0.1) is 6.92 Å². The number of hydrogen-bond acceptors (Lipinski definition) is 6. The third-order valence-electron chi connectivity index (χ3n) is 4.46. The SMILES string of the molecule is CCn1cc(C(=O)Nc2nc3ccc(SC)cc3s2)c(=O)c2ccc(C)nc21. The molecule has 4 aromatic rings. The van der Waals surface area contributed by atoms with Crippen LogP contribution in [0.4, 0.5) is 5.13 Å². The molecule has 142 valence electrons. The highest BCUT2D eigenvalue weighted by Crippen LogP contribution is 2.29. The maximum atomic E-state index is 12.9. The first-order chi connectivity index (χ1) is 13.5. The molecular formula is C20H18N4O2S2. The Labute approximate surface area is 169 Å². The molecule has 0 radical (unpaired) electrons. The molecular weight excluding hydrogens is 392 g/mol. The number of pyridine rings is 2. The van der Waals surface area contributed by atoms with E-state index in [1.54, 1.807) is 30.1 Å². The molecule has 3 aromatic heterocycles. The average molecular weight is 411 g/mol. The molecule has 1 amide bonds. The number of nitrogens with one attached hydrogen (secondary N) is 1. The molecule has 0 aliphatic rings. The predicted octanol–water partition coefficient (Wildman–Crippen LogP) is 4.31. The lowest BCUT2D eigenvalue weighted by Gasteiger charge is -2.11. The van der Waals surface area contributed by atoms with E-state index in [0.717, 1.165) is 20.8 Å². The molecule has 0 aliphatic heterocycles. The van der Waals surface area contributed by atoms with E-state index in [1.807, 2.05) is 42.9 Å². The van der Waals surface area contributed by atoms with Crippen molar-refractivity contribution in [1.82, 2.24) is 14.5 Å². The summed E-state index contributed by atoms with van der Waals surface area (Å²) in [5.41, 5.74) is 2.00. The van der Waals surface area contributed by atoms with Crippen molar-refractivity contribution in [2.24, 2.45) is 0 Å². The summed E-state index contributed by atoms with van der Waals surface area (Å²) >= 11 is 3.05. The van der Waals surface area contributed by atoms with Gasteiger partial charge in [0.1, 0.15) is 11.2 Å². The summed E-state index contributed by atoms with van der Waals surface area (Å²) in [6.45, 7) is 4.43. The highest BCUT2D eigenvalue weighted by molar-refractivity contribution is 7.98. The zero-order chi connectivity index (χ0) is 19.8. The van der Waals surface area contributed by atoms with E-state index >= 15 is 0 Å². The lowest BCUT2D eigenvalue weighted by Crippen LogP contribution is -2.24. The number of hydrogen-bond donors (Lipinski definition) is 1. The van der Waals surface area contributed by atoms with E-state index in [0.29, 0.717) is 22.7 Å². The zero-order valence-corrected chi connectivity index (χ0v) is 17.3. The largest absolute Gasteiger partial charge is 0.332 e. The summed E-state index contributed by atoms with van der Waals surface area (Å²) in [6, 6.07) is 9.48. The Kier molecular flexibility index (Phi) is 4.91. The Bertz CT molecular complexity index is 1280. The van der Waals surface area contributed by atoms with E-state index in [-0.39, 0.29) is 11.0 Å². The van der Waals surface area contributed by atoms with Gasteiger partial charge in [0.25, 0.3) is 5.91 Å². The van der Waals surface area contributed by atoms with E-state index in [9.17, 15) is 9.59 Å². The number of benzene rings is 1. The smallest absolute Gasteiger partial charge is 0.262 e. The van der Waals surface area contributed by atoms with Gasteiger partial charge >= 0.3 is 0 Å². The lowest BCUT2D eigenvalue weighted by atomic mass is 10.1. The van der Waals surface area contributed by atoms with Crippen LogP contribution in [0.15, 0.2) is 46.2 Å². The zero-order valence-electron chi connectivity index (χ0n) is 15.6. The van der Waals surface area contributed by atoms with Gasteiger partial charge in [-0.1, -0.05) is 11.3 Å². The molecule has 0 fully saturated rings. The molecule has 0 spiro atoms. The second-order valence-corrected chi connectivity index (χ2v) is 8.20. The summed E-state index contributed by atoms with van der Waals surface area (Å²) in [6.07, 6.45) is 3.59. The normalized spacial score (nSPS) is 11.2. The molecule has 0 atom stereocenters. The van der Waals surface area contributed by atoms with Crippen LogP contribution in [-0.4, -0.2) is 26.7 Å². The third-order valence-corrected chi connectivity index (χ3v) is 6.12. The molecule has 8 heteroatoms. The Morgan fingerprint density at radius 1 is 1.25 bits per heavy atom. The predicted molar refractivity (Wildman–Crippen MR) is 116 cm³/mol. The van der Waals surface area contributed by atoms with Crippen LogP contribution >= 0.6 is 23.1 Å². The lowest BCUT2D eigenvalue weighted by molar-refractivity contribution is 0.102. The van der Waals surface area contributed by atoms with Crippen molar-refractivity contribution in [3.8, 4) is 0 Å². The van der Waals surface area contributed by atoms with Crippen LogP contribution in [-0.2, 0) is 6.54 Å². The average Bonchev–Trinajstić information content (AvgIpc) is 3.09. The molecule has 6 nitrogen and oxygen atoms in total. The van der Waals surface area contributed by atoms with Gasteiger partial charge in [0, 0.05) is 23.3 Å². The molecule has 4 rings (SSSR count). The second kappa shape index (κ2) is 7.37. The molecule has 1 aromatic carbocycles. The van der Waals surface area contributed by atoms with Crippen LogP contribution in [0.3, 0.4) is 0 Å². The minimum atomic E-state index is -0.459. The fourth-order valence-corrected chi connectivity index (χ4v) is 4.43. The number of thioether (sulfide) groups is 1. The van der Waals surface area contributed by atoms with Crippen molar-refractivity contribution in [1.29, 1.82) is 0 Å². The Balaban J connectivity index is 1.74. The van der Waals surface area contributed by atoms with Gasteiger partial charge in [-0.15, -0.1) is 11.8 Å². The number of thiazole rings is 1. The first-order valence-electron chi connectivity index (χ1n) is 8.77. The molecule has 0 unspecified atom stereocenters. The first kappa shape index (κ1) is 18.6. The first-order valence-corrected chi connectivity index (χ1v) is 10.8. The standard InChI is InChI=1S/C20H18N4O2S2/c1-4-24-10-14(17(25)13-7-5-11(2)21-18(13)24)19(26)23-20-22-15-8-6-12(27-3)9-16(15)28-20/h5-10H,4H2,1-3H3,(H,22,23,26). The van der Waals surface area contributed by atoms with Crippen molar-refractivity contribution >= 4 is 55.4 Å². The summed E-state index contributed by atoms with van der Waals surface area (Å²) < 4.78 is 2.81. The fraction of sp³-hybridized carbons (Fsp3) is 0.200. The minimum Gasteiger partial charge on any atom is -0.332 e. The van der Waals surface area contributed by atoms with Gasteiger partial charge in [-0.25, -0.2) is 9.97 Å². The number of anilines is 1. The Morgan fingerprint density at radius 2 is 2.07 bits per heavy atom. The summed E-state index contributed by atoms with van der Waals surface area (Å²) in [5.74, 6) is -0.459. The Morgan fingerprint density at radius 3 is 2.82 bits per heavy atom. The van der Waals surface area contributed by atoms with Gasteiger partial charge in [-0.05, 0) is 50.4 Å². The van der Waals surface area contributed by atoms with Crippen molar-refractivity contribution in [3.05, 3.63) is 58.0 Å². The monoisotopic (exact) mass is 410 g/mol. The van der Waals surface area contributed by atoms with E-state index in [4.69, 9.17) is 0 Å². The molecule has 0 aliphatic carbocycles. The number of aromatic nitrogens is 3. The van der Waals surface area contributed by atoms with Gasteiger partial charge in [0.2, 0.25) is 5.43 Å². The number of carbonyl (C=O) groups is 1. The number of rotatable bonds is 4. The quantitative estimate of drug-likeness (QED) is 0.507. The highest BCUT2D eigenvalue weighted by Gasteiger charge is 2.17. The number of amides is 1. The van der Waals surface area contributed by atoms with Crippen LogP contribution in [0.1, 0.15) is 23.0 Å². The summed E-state index contributed by atoms with van der Waals surface area (Å²) in [7, 11) is 0. The van der Waals surface area contributed by atoms with Gasteiger partial charge in [-0.2, -0.15) is 0 Å². The topological polar surface area (TPSA) is 76.9 Å². The van der Waals surface area contributed by atoms with Gasteiger partial charge in [0.15, 0.2) is 5.13 Å². The van der Waals surface area contributed by atoms with Crippen molar-refractivity contribution < 1.29 is 4.79 Å². The third kappa shape index (κ3) is 3.29. The van der Waals surface area contributed by atoms with Crippen LogP contribution in [0.25, 0.3) is 21.3 Å². The van der Waals surface area contributed by atoms with Crippen LogP contribution in [0.2, 0.25) is 0 Å². The molecule has 0 bridgehead atoms. The molecule has 0 saturated carbocycles. The van der Waals surface area contributed by atoms with E-state index < -0.39 is 5.91 Å². The second-order valence-electron chi connectivity index (χ2n) is 6.29. The fourth-order valence-electron chi connectivity index (χ4n) is 3.01. The minimum absolute atomic E-state index is 0.0871. The summed E-state index contributed by atoms with van der Waals surface area (Å²) in [4.78, 5) is 35.7. The molecule has 0 saturated heterocycles. The highest BCUT2D eigenvalue weighted by atomic mass is 32.2. The number of carbonyl (C=O) groups excluding carboxylic acids is 1. The van der Waals surface area contributed by atoms with E-state index in [2.05, 4.69) is 15.3 Å². The van der Waals surface area contributed by atoms with Gasteiger partial charge < -0.3 is 4.57 Å². The molecule has 28 heavy (non-hydrogen) atoms. The van der Waals surface area contributed by atoms with Gasteiger partial charge in [-0.3, -0.25) is 14.9 Å². The number of aryl methyl sites for hydroxylation is 2. The molecule has 3 heterocycles. The van der Waals surface area contributed by atoms with Crippen LogP contribution < -0.4 is 10.7 Å². The maximum absolute atomic E-state index is 12.9. The molecule has 1 N–H and O–H groups in total. The Hall–Kier alpha value is -2.71. The van der Waals surface area contributed by atoms with Crippen molar-refractivity contribution in [3.63, 3.8) is 0 Å². The van der Waals surface area contributed by atoms with E-state index in [1.165, 1.54) is 11.3 Å². The van der Waals surface area contributed by atoms with Crippen molar-refractivity contribution in [2.75, 3.05) is 11.6 Å². The maximum Gasteiger partial charge on any atom is 0.262 e. The van der Waals surface area contributed by atoms with Crippen molar-refractivity contribution in [2.45, 2.75) is 25.3 Å². The van der Waals surface area contributed by atoms with Crippen LogP contribution in [0.5, 0.6) is 0 Å². The number of nitrogens with zero attached hydrogens (tertiary/aromatic N) is 3.